The largest absolute Gasteiger partial charge is 0.463 e. The maximum atomic E-state index is 10.0. The van der Waals surface area contributed by atoms with Crippen LogP contribution in [0.5, 0.6) is 0 Å². The highest BCUT2D eigenvalue weighted by atomic mass is 79.9. The molecular weight excluding hydrogens is 248 g/mol. The number of hydrogen-bond acceptors (Lipinski definition) is 3. The fraction of sp³-hybridized carbons (Fsp3) is 0.111. The van der Waals surface area contributed by atoms with E-state index in [2.05, 4.69) is 30.9 Å². The third kappa shape index (κ3) is 1.63. The number of ether oxygens (including phenoxy) is 1. The van der Waals surface area contributed by atoms with E-state index in [1.165, 1.54) is 0 Å². The summed E-state index contributed by atoms with van der Waals surface area (Å²) >= 11 is 3.41. The van der Waals surface area contributed by atoms with Crippen LogP contribution in [0.25, 0.3) is 10.9 Å². The summed E-state index contributed by atoms with van der Waals surface area (Å²) < 4.78 is 5.60. The summed E-state index contributed by atoms with van der Waals surface area (Å²) in [6.45, 7) is 0.710. The first-order chi connectivity index (χ1) is 6.81. The molecule has 0 radical (unpaired) electrons. The monoisotopic (exact) mass is 254 g/mol. The minimum absolute atomic E-state index is 0.275. The van der Waals surface area contributed by atoms with E-state index in [1.54, 1.807) is 6.20 Å². The number of carbonyl (C=O) groups excluding carboxylic acids is 1. The van der Waals surface area contributed by atoms with Gasteiger partial charge in [0.05, 0.1) is 11.7 Å². The van der Waals surface area contributed by atoms with Gasteiger partial charge in [0.1, 0.15) is 6.61 Å². The topological polar surface area (TPSA) is 55.0 Å². The van der Waals surface area contributed by atoms with Crippen LogP contribution in [-0.4, -0.2) is 16.7 Å². The van der Waals surface area contributed by atoms with Crippen LogP contribution in [0.4, 0.5) is 0 Å². The van der Waals surface area contributed by atoms with Gasteiger partial charge in [-0.1, -0.05) is 15.9 Å². The van der Waals surface area contributed by atoms with Crippen molar-refractivity contribution in [3.8, 4) is 0 Å². The molecular formula is C9H7BrN2O2. The summed E-state index contributed by atoms with van der Waals surface area (Å²) in [6.07, 6.45) is 1.74. The van der Waals surface area contributed by atoms with Crippen molar-refractivity contribution in [1.29, 1.82) is 0 Å². The van der Waals surface area contributed by atoms with Gasteiger partial charge in [0.25, 0.3) is 6.47 Å². The average molecular weight is 255 g/mol. The van der Waals surface area contributed by atoms with Crippen LogP contribution in [0.15, 0.2) is 22.8 Å². The highest BCUT2D eigenvalue weighted by molar-refractivity contribution is 9.10. The van der Waals surface area contributed by atoms with Gasteiger partial charge in [-0.25, -0.2) is 0 Å². The maximum absolute atomic E-state index is 10.0. The number of carbonyl (C=O) groups is 1. The van der Waals surface area contributed by atoms with Crippen LogP contribution in [0.2, 0.25) is 0 Å². The van der Waals surface area contributed by atoms with Crippen LogP contribution in [0, 0.1) is 0 Å². The van der Waals surface area contributed by atoms with Crippen LogP contribution >= 0.6 is 15.9 Å². The zero-order valence-electron chi connectivity index (χ0n) is 7.16. The number of nitrogens with one attached hydrogen (secondary N) is 1. The number of rotatable bonds is 3. The van der Waals surface area contributed by atoms with Gasteiger partial charge >= 0.3 is 0 Å². The lowest BCUT2D eigenvalue weighted by Crippen LogP contribution is -1.90. The summed E-state index contributed by atoms with van der Waals surface area (Å²) in [4.78, 5) is 10.0. The van der Waals surface area contributed by atoms with E-state index in [0.29, 0.717) is 6.47 Å². The Balaban J connectivity index is 2.42. The van der Waals surface area contributed by atoms with Crippen molar-refractivity contribution in [3.05, 3.63) is 28.4 Å². The molecule has 0 saturated carbocycles. The lowest BCUT2D eigenvalue weighted by Gasteiger charge is -2.01. The Bertz CT molecular complexity index is 467. The minimum Gasteiger partial charge on any atom is -0.463 e. The lowest BCUT2D eigenvalue weighted by atomic mass is 10.2. The van der Waals surface area contributed by atoms with Crippen LogP contribution in [-0.2, 0) is 16.1 Å². The van der Waals surface area contributed by atoms with Crippen LogP contribution in [0.1, 0.15) is 5.56 Å². The second kappa shape index (κ2) is 3.79. The van der Waals surface area contributed by atoms with Crippen LogP contribution in [0.3, 0.4) is 0 Å². The van der Waals surface area contributed by atoms with Crippen molar-refractivity contribution >= 4 is 33.3 Å². The fourth-order valence-corrected chi connectivity index (χ4v) is 1.89. The van der Waals surface area contributed by atoms with Crippen molar-refractivity contribution in [3.63, 3.8) is 0 Å². The second-order valence-corrected chi connectivity index (χ2v) is 3.67. The normalized spacial score (nSPS) is 10.4. The molecule has 2 rings (SSSR count). The summed E-state index contributed by atoms with van der Waals surface area (Å²) in [6, 6.07) is 3.80. The summed E-state index contributed by atoms with van der Waals surface area (Å²) in [5.74, 6) is 0. The second-order valence-electron chi connectivity index (χ2n) is 2.82. The third-order valence-corrected chi connectivity index (χ3v) is 2.54. The predicted molar refractivity (Wildman–Crippen MR) is 54.6 cm³/mol. The van der Waals surface area contributed by atoms with Crippen LogP contribution < -0.4 is 0 Å². The standard InChI is InChI=1S/C9H7BrN2O2/c10-8-1-6(4-14-5-13)2-9-7(8)3-11-12-9/h1-3,5H,4H2,(H,11,12). The van der Waals surface area contributed by atoms with E-state index in [-0.39, 0.29) is 6.61 Å². The number of aromatic nitrogens is 2. The molecule has 2 aromatic rings. The molecule has 4 nitrogen and oxygen atoms in total. The maximum Gasteiger partial charge on any atom is 0.293 e. The zero-order valence-corrected chi connectivity index (χ0v) is 8.74. The average Bonchev–Trinajstić information content (AvgIpc) is 2.63. The van der Waals surface area contributed by atoms with Gasteiger partial charge in [0.15, 0.2) is 0 Å². The quantitative estimate of drug-likeness (QED) is 0.853. The van der Waals surface area contributed by atoms with Crippen molar-refractivity contribution < 1.29 is 9.53 Å². The Kier molecular flexibility index (Phi) is 2.49. The van der Waals surface area contributed by atoms with Crippen molar-refractivity contribution in [1.82, 2.24) is 10.2 Å². The third-order valence-electron chi connectivity index (χ3n) is 1.89. The highest BCUT2D eigenvalue weighted by Crippen LogP contribution is 2.24. The summed E-state index contributed by atoms with van der Waals surface area (Å²) in [7, 11) is 0. The van der Waals surface area contributed by atoms with E-state index < -0.39 is 0 Å². The van der Waals surface area contributed by atoms with Gasteiger partial charge in [-0.05, 0) is 17.7 Å². The number of aromatic amines is 1. The number of hydrogen-bond donors (Lipinski definition) is 1. The fourth-order valence-electron chi connectivity index (χ4n) is 1.28. The first kappa shape index (κ1) is 9.21. The van der Waals surface area contributed by atoms with Crippen molar-refractivity contribution in [2.75, 3.05) is 0 Å². The van der Waals surface area contributed by atoms with Crippen molar-refractivity contribution in [2.45, 2.75) is 6.61 Å². The molecule has 14 heavy (non-hydrogen) atoms. The molecule has 0 unspecified atom stereocenters. The molecule has 0 spiro atoms. The highest BCUT2D eigenvalue weighted by Gasteiger charge is 2.03. The number of H-pyrrole nitrogens is 1. The van der Waals surface area contributed by atoms with E-state index in [9.17, 15) is 4.79 Å². The molecule has 0 fully saturated rings. The first-order valence-corrected chi connectivity index (χ1v) is 4.77. The molecule has 1 N–H and O–H groups in total. The minimum atomic E-state index is 0.275. The molecule has 0 bridgehead atoms. The number of halogens is 1. The van der Waals surface area contributed by atoms with E-state index in [0.717, 1.165) is 20.9 Å². The van der Waals surface area contributed by atoms with Crippen molar-refractivity contribution in [2.24, 2.45) is 0 Å². The summed E-state index contributed by atoms with van der Waals surface area (Å²) in [5.41, 5.74) is 1.84. The van der Waals surface area contributed by atoms with E-state index in [1.807, 2.05) is 12.1 Å². The number of fused-ring (bicyclic) bond motifs is 1. The first-order valence-electron chi connectivity index (χ1n) is 3.98. The molecule has 72 valence electrons. The molecule has 0 atom stereocenters. The molecule has 5 heteroatoms. The Morgan fingerprint density at radius 3 is 3.21 bits per heavy atom. The number of nitrogens with zero attached hydrogens (tertiary/aromatic N) is 1. The van der Waals surface area contributed by atoms with E-state index in [4.69, 9.17) is 0 Å². The predicted octanol–water partition coefficient (Wildman–Crippen LogP) is 2.00. The molecule has 0 amide bonds. The molecule has 0 aliphatic carbocycles. The SMILES string of the molecule is O=COCc1cc(Br)c2cn[nH]c2c1. The molecule has 1 aromatic carbocycles. The Labute approximate surface area is 88.4 Å². The van der Waals surface area contributed by atoms with Gasteiger partial charge in [0, 0.05) is 9.86 Å². The van der Waals surface area contributed by atoms with Gasteiger partial charge in [-0.15, -0.1) is 0 Å². The Morgan fingerprint density at radius 1 is 1.57 bits per heavy atom. The van der Waals surface area contributed by atoms with E-state index >= 15 is 0 Å². The molecule has 1 heterocycles. The zero-order chi connectivity index (χ0) is 9.97. The van der Waals surface area contributed by atoms with Gasteiger partial charge < -0.3 is 4.74 Å². The molecule has 0 aliphatic heterocycles. The van der Waals surface area contributed by atoms with Gasteiger partial charge in [-0.2, -0.15) is 5.10 Å². The molecule has 1 aromatic heterocycles. The lowest BCUT2D eigenvalue weighted by molar-refractivity contribution is -0.129. The van der Waals surface area contributed by atoms with Gasteiger partial charge in [-0.3, -0.25) is 9.89 Å². The molecule has 0 saturated heterocycles. The Morgan fingerprint density at radius 2 is 2.43 bits per heavy atom. The Hall–Kier alpha value is -1.36. The molecule has 0 aliphatic rings. The van der Waals surface area contributed by atoms with Gasteiger partial charge in [0.2, 0.25) is 0 Å². The number of benzene rings is 1. The summed E-state index contributed by atoms with van der Waals surface area (Å²) in [5, 5.41) is 7.79. The smallest absolute Gasteiger partial charge is 0.293 e.